The van der Waals surface area contributed by atoms with Crippen LogP contribution in [0.2, 0.25) is 0 Å². The molecule has 0 saturated carbocycles. The normalized spacial score (nSPS) is 17.1. The minimum Gasteiger partial charge on any atom is -0.310 e. The molecule has 0 amide bonds. The minimum atomic E-state index is 0.485. The Kier molecular flexibility index (Phi) is 5.56. The summed E-state index contributed by atoms with van der Waals surface area (Å²) in [6.45, 7) is 0. The van der Waals surface area contributed by atoms with Crippen molar-refractivity contribution in [2.75, 3.05) is 0 Å². The Hall–Kier alpha value is -5.60. The van der Waals surface area contributed by atoms with Gasteiger partial charge in [-0.3, -0.25) is 0 Å². The molecule has 0 radical (unpaired) electrons. The van der Waals surface area contributed by atoms with Gasteiger partial charge in [-0.1, -0.05) is 97.1 Å². The lowest BCUT2D eigenvalue weighted by molar-refractivity contribution is 0.777. The van der Waals surface area contributed by atoms with Crippen molar-refractivity contribution < 1.29 is 0 Å². The summed E-state index contributed by atoms with van der Waals surface area (Å²) in [7, 11) is 0. The summed E-state index contributed by atoms with van der Waals surface area (Å²) < 4.78 is 4.89. The SMILES string of the molecule is C1=CC2=CC(n3c4ccccc4c4cc(-c5ccc6c(c5)c5ccccc5n6-c5ccc6c(c5)C=CCC6)ccc43)=CCC2C=C1. The number of aromatic nitrogens is 2. The summed E-state index contributed by atoms with van der Waals surface area (Å²) in [5, 5.41) is 5.15. The average Bonchev–Trinajstić information content (AvgIpc) is 3.63. The highest BCUT2D eigenvalue weighted by Crippen LogP contribution is 2.40. The van der Waals surface area contributed by atoms with Gasteiger partial charge >= 0.3 is 0 Å². The molecule has 1 unspecified atom stereocenters. The Morgan fingerprint density at radius 1 is 0.587 bits per heavy atom. The quantitative estimate of drug-likeness (QED) is 0.194. The molecular weight excluding hydrogens is 556 g/mol. The maximum absolute atomic E-state index is 2.45. The number of rotatable bonds is 3. The molecule has 46 heavy (non-hydrogen) atoms. The van der Waals surface area contributed by atoms with Crippen LogP contribution in [-0.4, -0.2) is 9.13 Å². The van der Waals surface area contributed by atoms with E-state index in [0.29, 0.717) is 5.92 Å². The van der Waals surface area contributed by atoms with Crippen molar-refractivity contribution in [3.8, 4) is 16.8 Å². The number of allylic oxidation sites excluding steroid dienone is 9. The molecule has 0 bridgehead atoms. The summed E-state index contributed by atoms with van der Waals surface area (Å²) in [5.41, 5.74) is 14.1. The van der Waals surface area contributed by atoms with E-state index in [0.717, 1.165) is 19.3 Å². The number of fused-ring (bicyclic) bond motifs is 8. The van der Waals surface area contributed by atoms with Crippen LogP contribution in [0, 0.1) is 5.92 Å². The topological polar surface area (TPSA) is 9.86 Å². The molecule has 1 atom stereocenters. The number of para-hydroxylation sites is 2. The first kappa shape index (κ1) is 25.7. The number of hydrogen-bond donors (Lipinski definition) is 0. The highest BCUT2D eigenvalue weighted by molar-refractivity contribution is 6.13. The monoisotopic (exact) mass is 588 g/mol. The van der Waals surface area contributed by atoms with Gasteiger partial charge in [0.05, 0.1) is 22.1 Å². The molecule has 3 aliphatic rings. The molecule has 10 rings (SSSR count). The molecule has 0 N–H and O–H groups in total. The highest BCUT2D eigenvalue weighted by atomic mass is 15.0. The fourth-order valence-corrected chi connectivity index (χ4v) is 8.02. The van der Waals surface area contributed by atoms with Crippen LogP contribution in [-0.2, 0) is 6.42 Å². The number of aryl methyl sites for hydroxylation is 1. The molecule has 5 aromatic carbocycles. The first-order chi connectivity index (χ1) is 22.8. The Balaban J connectivity index is 1.13. The second kappa shape index (κ2) is 9.95. The van der Waals surface area contributed by atoms with Gasteiger partial charge in [0.1, 0.15) is 0 Å². The summed E-state index contributed by atoms with van der Waals surface area (Å²) in [6, 6.07) is 38.7. The van der Waals surface area contributed by atoms with Gasteiger partial charge in [0.15, 0.2) is 0 Å². The maximum atomic E-state index is 2.45. The molecular formula is C44H32N2. The van der Waals surface area contributed by atoms with Crippen molar-refractivity contribution in [1.82, 2.24) is 9.13 Å². The Morgan fingerprint density at radius 2 is 1.28 bits per heavy atom. The molecule has 0 fully saturated rings. The van der Waals surface area contributed by atoms with Gasteiger partial charge in [-0.05, 0) is 102 Å². The molecule has 7 aromatic rings. The van der Waals surface area contributed by atoms with Crippen LogP contribution in [0.15, 0.2) is 151 Å². The van der Waals surface area contributed by atoms with E-state index in [2.05, 4.69) is 161 Å². The lowest BCUT2D eigenvalue weighted by atomic mass is 9.87. The van der Waals surface area contributed by atoms with Crippen LogP contribution in [0.25, 0.3) is 72.2 Å². The molecule has 2 heterocycles. The zero-order chi connectivity index (χ0) is 30.2. The van der Waals surface area contributed by atoms with Crippen molar-refractivity contribution in [2.24, 2.45) is 5.92 Å². The summed E-state index contributed by atoms with van der Waals surface area (Å²) in [6.07, 6.45) is 21.5. The van der Waals surface area contributed by atoms with E-state index < -0.39 is 0 Å². The minimum absolute atomic E-state index is 0.485. The van der Waals surface area contributed by atoms with Crippen molar-refractivity contribution >= 4 is 55.4 Å². The third-order valence-electron chi connectivity index (χ3n) is 10.3. The molecule has 2 aromatic heterocycles. The Bertz CT molecular complexity index is 2560. The van der Waals surface area contributed by atoms with Gasteiger partial charge in [-0.25, -0.2) is 0 Å². The molecule has 0 spiro atoms. The van der Waals surface area contributed by atoms with Gasteiger partial charge in [-0.15, -0.1) is 0 Å². The largest absolute Gasteiger partial charge is 0.310 e. The van der Waals surface area contributed by atoms with Crippen molar-refractivity contribution in [3.63, 3.8) is 0 Å². The molecule has 218 valence electrons. The summed E-state index contributed by atoms with van der Waals surface area (Å²) in [4.78, 5) is 0. The van der Waals surface area contributed by atoms with Crippen LogP contribution in [0.5, 0.6) is 0 Å². The van der Waals surface area contributed by atoms with Crippen molar-refractivity contribution in [3.05, 3.63) is 162 Å². The van der Waals surface area contributed by atoms with E-state index in [1.165, 1.54) is 82.8 Å². The Labute approximate surface area is 268 Å². The van der Waals surface area contributed by atoms with Crippen LogP contribution in [0.1, 0.15) is 24.0 Å². The van der Waals surface area contributed by atoms with Gasteiger partial charge in [0.2, 0.25) is 0 Å². The molecule has 0 aliphatic heterocycles. The lowest BCUT2D eigenvalue weighted by Crippen LogP contribution is -2.08. The van der Waals surface area contributed by atoms with Gasteiger partial charge in [-0.2, -0.15) is 0 Å². The van der Waals surface area contributed by atoms with Crippen LogP contribution < -0.4 is 0 Å². The standard InChI is InChI=1S/C44H32N2/c1-3-11-31-25-35(21-17-29(31)9-1)45-41-15-7-5-13-37(41)39-27-33(19-23-43(39)45)34-20-24-44-40(28-34)38-14-6-8-16-42(38)46(44)36-22-18-30-10-2-4-12-32(30)26-36/h1,3-9,11-16,18-29H,2,10,17H2. The number of hydrogen-bond acceptors (Lipinski definition) is 0. The first-order valence-electron chi connectivity index (χ1n) is 16.4. The summed E-state index contributed by atoms with van der Waals surface area (Å²) in [5.74, 6) is 0.485. The first-order valence-corrected chi connectivity index (χ1v) is 16.4. The molecule has 2 heteroatoms. The zero-order valence-electron chi connectivity index (χ0n) is 25.5. The van der Waals surface area contributed by atoms with E-state index in [4.69, 9.17) is 0 Å². The van der Waals surface area contributed by atoms with E-state index in [-0.39, 0.29) is 0 Å². The Morgan fingerprint density at radius 3 is 2.07 bits per heavy atom. The number of benzene rings is 5. The molecule has 0 saturated heterocycles. The second-order valence-corrected chi connectivity index (χ2v) is 12.9. The third-order valence-corrected chi connectivity index (χ3v) is 10.3. The van der Waals surface area contributed by atoms with E-state index in [9.17, 15) is 0 Å². The highest BCUT2D eigenvalue weighted by Gasteiger charge is 2.20. The third kappa shape index (κ3) is 3.83. The van der Waals surface area contributed by atoms with Crippen LogP contribution in [0.4, 0.5) is 0 Å². The molecule has 2 nitrogen and oxygen atoms in total. The predicted octanol–water partition coefficient (Wildman–Crippen LogP) is 11.4. The van der Waals surface area contributed by atoms with Crippen molar-refractivity contribution in [1.29, 1.82) is 0 Å². The number of nitrogens with zero attached hydrogens (tertiary/aromatic N) is 2. The van der Waals surface area contributed by atoms with Gasteiger partial charge in [0, 0.05) is 38.8 Å². The van der Waals surface area contributed by atoms with Crippen LogP contribution >= 0.6 is 0 Å². The molecule has 3 aliphatic carbocycles. The van der Waals surface area contributed by atoms with E-state index >= 15 is 0 Å². The average molecular weight is 589 g/mol. The second-order valence-electron chi connectivity index (χ2n) is 12.9. The summed E-state index contributed by atoms with van der Waals surface area (Å²) >= 11 is 0. The van der Waals surface area contributed by atoms with Gasteiger partial charge in [0.25, 0.3) is 0 Å². The van der Waals surface area contributed by atoms with E-state index in [1.54, 1.807) is 0 Å². The van der Waals surface area contributed by atoms with Crippen LogP contribution in [0.3, 0.4) is 0 Å². The van der Waals surface area contributed by atoms with E-state index in [1.807, 2.05) is 0 Å². The fourth-order valence-electron chi connectivity index (χ4n) is 8.02. The lowest BCUT2D eigenvalue weighted by Gasteiger charge is -2.22. The fraction of sp³-hybridized carbons (Fsp3) is 0.0909. The van der Waals surface area contributed by atoms with Gasteiger partial charge < -0.3 is 9.13 Å². The maximum Gasteiger partial charge on any atom is 0.0541 e. The van der Waals surface area contributed by atoms with Crippen molar-refractivity contribution in [2.45, 2.75) is 19.3 Å². The smallest absolute Gasteiger partial charge is 0.0541 e. The predicted molar refractivity (Wildman–Crippen MR) is 195 cm³/mol. The zero-order valence-corrected chi connectivity index (χ0v) is 25.5.